The minimum absolute atomic E-state index is 0.0206. The first kappa shape index (κ1) is 19.6. The molecule has 2 unspecified atom stereocenters. The molecule has 2 aromatic rings. The number of carboxylic acid groups (broad SMARTS) is 1. The number of carbonyl (C=O) groups excluding carboxylic acids is 2. The van der Waals surface area contributed by atoms with Crippen molar-refractivity contribution in [2.24, 2.45) is 5.92 Å². The van der Waals surface area contributed by atoms with Crippen molar-refractivity contribution in [3.8, 4) is 0 Å². The Morgan fingerprint density at radius 2 is 1.68 bits per heavy atom. The SMILES string of the molecule is O=C(O)CCNC(=O)C1CCC(=O)N(Cc2ccccc2)C1c1ccccc1. The van der Waals surface area contributed by atoms with E-state index in [0.717, 1.165) is 11.1 Å². The summed E-state index contributed by atoms with van der Waals surface area (Å²) in [5, 5.41) is 11.5. The number of carbonyl (C=O) groups is 3. The molecule has 1 fully saturated rings. The maximum atomic E-state index is 12.8. The Labute approximate surface area is 164 Å². The maximum absolute atomic E-state index is 12.8. The van der Waals surface area contributed by atoms with Gasteiger partial charge in [-0.3, -0.25) is 14.4 Å². The Morgan fingerprint density at radius 1 is 1.04 bits per heavy atom. The van der Waals surface area contributed by atoms with Crippen molar-refractivity contribution >= 4 is 17.8 Å². The number of nitrogens with zero attached hydrogens (tertiary/aromatic N) is 1. The van der Waals surface area contributed by atoms with E-state index in [9.17, 15) is 14.4 Å². The summed E-state index contributed by atoms with van der Waals surface area (Å²) in [6.07, 6.45) is 0.622. The van der Waals surface area contributed by atoms with Gasteiger partial charge in [-0.15, -0.1) is 0 Å². The number of piperidine rings is 1. The smallest absolute Gasteiger partial charge is 0.305 e. The average Bonchev–Trinajstić information content (AvgIpc) is 2.70. The maximum Gasteiger partial charge on any atom is 0.305 e. The lowest BCUT2D eigenvalue weighted by Crippen LogP contribution is -2.48. The van der Waals surface area contributed by atoms with Crippen molar-refractivity contribution in [3.63, 3.8) is 0 Å². The highest BCUT2D eigenvalue weighted by molar-refractivity contribution is 5.85. The zero-order chi connectivity index (χ0) is 19.9. The second-order valence-electron chi connectivity index (χ2n) is 6.94. The van der Waals surface area contributed by atoms with Crippen molar-refractivity contribution in [1.82, 2.24) is 10.2 Å². The molecule has 1 saturated heterocycles. The highest BCUT2D eigenvalue weighted by Crippen LogP contribution is 2.37. The van der Waals surface area contributed by atoms with Gasteiger partial charge in [0.2, 0.25) is 11.8 Å². The lowest BCUT2D eigenvalue weighted by Gasteiger charge is -2.41. The summed E-state index contributed by atoms with van der Waals surface area (Å²) in [7, 11) is 0. The second-order valence-corrected chi connectivity index (χ2v) is 6.94. The topological polar surface area (TPSA) is 86.7 Å². The van der Waals surface area contributed by atoms with Gasteiger partial charge in [-0.1, -0.05) is 60.7 Å². The number of carboxylic acids is 1. The largest absolute Gasteiger partial charge is 0.481 e. The summed E-state index contributed by atoms with van der Waals surface area (Å²) in [6.45, 7) is 0.511. The summed E-state index contributed by atoms with van der Waals surface area (Å²) in [4.78, 5) is 38.1. The zero-order valence-electron chi connectivity index (χ0n) is 15.6. The molecule has 1 aliphatic rings. The fraction of sp³-hybridized carbons (Fsp3) is 0.318. The first-order valence-electron chi connectivity index (χ1n) is 9.44. The van der Waals surface area contributed by atoms with E-state index in [0.29, 0.717) is 19.4 Å². The molecule has 0 saturated carbocycles. The molecule has 3 rings (SSSR count). The molecule has 6 heteroatoms. The van der Waals surface area contributed by atoms with Crippen molar-refractivity contribution in [2.75, 3.05) is 6.54 Å². The van der Waals surface area contributed by atoms with Crippen LogP contribution in [0.5, 0.6) is 0 Å². The third-order valence-corrected chi connectivity index (χ3v) is 5.02. The number of likely N-dealkylation sites (tertiary alicyclic amines) is 1. The van der Waals surface area contributed by atoms with Gasteiger partial charge in [-0.05, 0) is 17.5 Å². The molecular formula is C22H24N2O4. The van der Waals surface area contributed by atoms with Gasteiger partial charge < -0.3 is 15.3 Å². The predicted octanol–water partition coefficient (Wildman–Crippen LogP) is 2.76. The quantitative estimate of drug-likeness (QED) is 0.773. The zero-order valence-corrected chi connectivity index (χ0v) is 15.6. The Balaban J connectivity index is 1.87. The predicted molar refractivity (Wildman–Crippen MR) is 104 cm³/mol. The molecule has 2 N–H and O–H groups in total. The molecule has 0 aromatic heterocycles. The van der Waals surface area contributed by atoms with Crippen molar-refractivity contribution < 1.29 is 19.5 Å². The van der Waals surface area contributed by atoms with Gasteiger partial charge in [0, 0.05) is 19.5 Å². The normalized spacial score (nSPS) is 19.3. The second kappa shape index (κ2) is 9.17. The van der Waals surface area contributed by atoms with E-state index in [1.54, 1.807) is 4.90 Å². The molecule has 2 atom stereocenters. The standard InChI is InChI=1S/C22H24N2O4/c25-19-12-11-18(22(28)23-14-13-20(26)27)21(17-9-5-2-6-10-17)24(19)15-16-7-3-1-4-8-16/h1-10,18,21H,11-15H2,(H,23,28)(H,26,27). The number of rotatable bonds is 7. The summed E-state index contributed by atoms with van der Waals surface area (Å²) < 4.78 is 0. The molecule has 146 valence electrons. The number of benzene rings is 2. The Bertz CT molecular complexity index is 823. The lowest BCUT2D eigenvalue weighted by atomic mass is 9.83. The van der Waals surface area contributed by atoms with Gasteiger partial charge in [0.1, 0.15) is 0 Å². The minimum Gasteiger partial charge on any atom is -0.481 e. The average molecular weight is 380 g/mol. The molecule has 0 aliphatic carbocycles. The van der Waals surface area contributed by atoms with Gasteiger partial charge >= 0.3 is 5.97 Å². The fourth-order valence-electron chi connectivity index (χ4n) is 3.68. The van der Waals surface area contributed by atoms with Crippen LogP contribution in [0, 0.1) is 5.92 Å². The van der Waals surface area contributed by atoms with E-state index < -0.39 is 11.9 Å². The third-order valence-electron chi connectivity index (χ3n) is 5.02. The summed E-state index contributed by atoms with van der Waals surface area (Å²) in [5.74, 6) is -1.56. The first-order valence-corrected chi connectivity index (χ1v) is 9.44. The molecular weight excluding hydrogens is 356 g/mol. The van der Waals surface area contributed by atoms with Crippen molar-refractivity contribution in [2.45, 2.75) is 31.8 Å². The van der Waals surface area contributed by atoms with Gasteiger partial charge in [-0.25, -0.2) is 0 Å². The third kappa shape index (κ3) is 4.76. The van der Waals surface area contributed by atoms with E-state index in [1.807, 2.05) is 60.7 Å². The Kier molecular flexibility index (Phi) is 6.42. The highest BCUT2D eigenvalue weighted by Gasteiger charge is 2.40. The van der Waals surface area contributed by atoms with E-state index in [4.69, 9.17) is 5.11 Å². The molecule has 1 aliphatic heterocycles. The number of hydrogen-bond donors (Lipinski definition) is 2. The molecule has 6 nitrogen and oxygen atoms in total. The fourth-order valence-corrected chi connectivity index (χ4v) is 3.68. The minimum atomic E-state index is -0.954. The molecule has 0 bridgehead atoms. The van der Waals surface area contributed by atoms with E-state index in [-0.39, 0.29) is 30.8 Å². The van der Waals surface area contributed by atoms with Crippen molar-refractivity contribution in [1.29, 1.82) is 0 Å². The van der Waals surface area contributed by atoms with Gasteiger partial charge in [0.15, 0.2) is 0 Å². The summed E-state index contributed by atoms with van der Waals surface area (Å²) >= 11 is 0. The van der Waals surface area contributed by atoms with Crippen LogP contribution in [0.2, 0.25) is 0 Å². The molecule has 1 heterocycles. The van der Waals surface area contributed by atoms with Crippen LogP contribution in [-0.4, -0.2) is 34.3 Å². The van der Waals surface area contributed by atoms with Crippen LogP contribution in [0.4, 0.5) is 0 Å². The molecule has 0 radical (unpaired) electrons. The van der Waals surface area contributed by atoms with Gasteiger partial charge in [-0.2, -0.15) is 0 Å². The lowest BCUT2D eigenvalue weighted by molar-refractivity contribution is -0.144. The number of amides is 2. The first-order chi connectivity index (χ1) is 13.6. The van der Waals surface area contributed by atoms with Gasteiger partial charge in [0.25, 0.3) is 0 Å². The van der Waals surface area contributed by atoms with Crippen LogP contribution in [0.1, 0.15) is 36.4 Å². The number of hydrogen-bond acceptors (Lipinski definition) is 3. The molecule has 2 amide bonds. The monoisotopic (exact) mass is 380 g/mol. The van der Waals surface area contributed by atoms with Gasteiger partial charge in [0.05, 0.1) is 18.4 Å². The van der Waals surface area contributed by atoms with Crippen molar-refractivity contribution in [3.05, 3.63) is 71.8 Å². The Morgan fingerprint density at radius 3 is 2.32 bits per heavy atom. The number of nitrogens with one attached hydrogen (secondary N) is 1. The van der Waals surface area contributed by atoms with E-state index >= 15 is 0 Å². The molecule has 28 heavy (non-hydrogen) atoms. The van der Waals surface area contributed by atoms with Crippen LogP contribution >= 0.6 is 0 Å². The van der Waals surface area contributed by atoms with E-state index in [1.165, 1.54) is 0 Å². The highest BCUT2D eigenvalue weighted by atomic mass is 16.4. The van der Waals surface area contributed by atoms with Crippen LogP contribution in [0.15, 0.2) is 60.7 Å². The summed E-state index contributed by atoms with van der Waals surface area (Å²) in [6, 6.07) is 18.9. The van der Waals surface area contributed by atoms with Crippen LogP contribution in [0.3, 0.4) is 0 Å². The Hall–Kier alpha value is -3.15. The van der Waals surface area contributed by atoms with E-state index in [2.05, 4.69) is 5.32 Å². The van der Waals surface area contributed by atoms with Crippen LogP contribution in [0.25, 0.3) is 0 Å². The number of aliphatic carboxylic acids is 1. The van der Waals surface area contributed by atoms with Crippen LogP contribution < -0.4 is 5.32 Å². The summed E-state index contributed by atoms with van der Waals surface area (Å²) in [5.41, 5.74) is 1.91. The molecule has 2 aromatic carbocycles. The molecule has 0 spiro atoms. The van der Waals surface area contributed by atoms with Crippen LogP contribution in [-0.2, 0) is 20.9 Å².